The molecule has 0 unspecified atom stereocenters. The molecule has 1 N–H and O–H groups in total. The SMILES string of the molecule is COc1c(O)c(C(=O)/C=C/c2ccccc2)c(OC)c(OC)c1OC. The van der Waals surface area contributed by atoms with E-state index in [4.69, 9.17) is 18.9 Å². The standard InChI is InChI=1S/C19H20O6/c1-22-16-14(13(20)11-10-12-8-6-5-7-9-12)15(21)17(23-2)19(25-4)18(16)24-3/h5-11,21H,1-4H3/b11-10+. The summed E-state index contributed by atoms with van der Waals surface area (Å²) >= 11 is 0. The zero-order valence-electron chi connectivity index (χ0n) is 14.5. The Morgan fingerprint density at radius 3 is 1.88 bits per heavy atom. The first-order valence-corrected chi connectivity index (χ1v) is 7.45. The van der Waals surface area contributed by atoms with Crippen LogP contribution in [-0.4, -0.2) is 39.3 Å². The lowest BCUT2D eigenvalue weighted by atomic mass is 10.0. The van der Waals surface area contributed by atoms with Gasteiger partial charge in [-0.25, -0.2) is 0 Å². The summed E-state index contributed by atoms with van der Waals surface area (Å²) in [7, 11) is 5.54. The van der Waals surface area contributed by atoms with E-state index in [1.807, 2.05) is 30.3 Å². The predicted molar refractivity (Wildman–Crippen MR) is 94.1 cm³/mol. The third kappa shape index (κ3) is 3.52. The number of phenols is 1. The lowest BCUT2D eigenvalue weighted by molar-refractivity contribution is 0.104. The molecule has 6 heteroatoms. The van der Waals surface area contributed by atoms with Gasteiger partial charge in [0.15, 0.2) is 17.3 Å². The Bertz CT molecular complexity index is 780. The van der Waals surface area contributed by atoms with Gasteiger partial charge in [-0.15, -0.1) is 0 Å². The molecule has 0 fully saturated rings. The van der Waals surface area contributed by atoms with E-state index in [9.17, 15) is 9.90 Å². The summed E-state index contributed by atoms with van der Waals surface area (Å²) in [5, 5.41) is 10.5. The van der Waals surface area contributed by atoms with Gasteiger partial charge in [0.05, 0.1) is 28.4 Å². The van der Waals surface area contributed by atoms with Gasteiger partial charge in [-0.2, -0.15) is 0 Å². The molecule has 0 radical (unpaired) electrons. The molecule has 0 amide bonds. The highest BCUT2D eigenvalue weighted by atomic mass is 16.5. The van der Waals surface area contributed by atoms with Crippen molar-refractivity contribution in [3.05, 3.63) is 47.5 Å². The third-order valence-electron chi connectivity index (χ3n) is 3.59. The van der Waals surface area contributed by atoms with Crippen LogP contribution in [0.15, 0.2) is 36.4 Å². The lowest BCUT2D eigenvalue weighted by Gasteiger charge is -2.19. The molecule has 0 spiro atoms. The van der Waals surface area contributed by atoms with E-state index in [2.05, 4.69) is 0 Å². The average molecular weight is 344 g/mol. The quantitative estimate of drug-likeness (QED) is 0.613. The molecule has 2 aromatic rings. The first-order chi connectivity index (χ1) is 12.1. The molecule has 0 aliphatic carbocycles. The third-order valence-corrected chi connectivity index (χ3v) is 3.59. The maximum atomic E-state index is 12.7. The monoisotopic (exact) mass is 344 g/mol. The number of rotatable bonds is 7. The van der Waals surface area contributed by atoms with Crippen LogP contribution in [0.5, 0.6) is 28.7 Å². The summed E-state index contributed by atoms with van der Waals surface area (Å²) in [5.41, 5.74) is 0.783. The van der Waals surface area contributed by atoms with Crippen molar-refractivity contribution in [1.29, 1.82) is 0 Å². The molecule has 0 saturated heterocycles. The van der Waals surface area contributed by atoms with Crippen molar-refractivity contribution in [2.24, 2.45) is 0 Å². The van der Waals surface area contributed by atoms with Gasteiger partial charge in [-0.1, -0.05) is 36.4 Å². The minimum absolute atomic E-state index is 0.00314. The number of ether oxygens (including phenoxy) is 4. The van der Waals surface area contributed by atoms with Crippen molar-refractivity contribution in [1.82, 2.24) is 0 Å². The van der Waals surface area contributed by atoms with E-state index < -0.39 is 5.78 Å². The first kappa shape index (κ1) is 18.2. The number of hydrogen-bond donors (Lipinski definition) is 1. The van der Waals surface area contributed by atoms with Crippen LogP contribution in [0.4, 0.5) is 0 Å². The summed E-state index contributed by atoms with van der Waals surface area (Å²) in [5.74, 6) is -0.465. The first-order valence-electron chi connectivity index (χ1n) is 7.45. The van der Waals surface area contributed by atoms with Gasteiger partial charge in [-0.3, -0.25) is 4.79 Å². The molecule has 2 rings (SSSR count). The van der Waals surface area contributed by atoms with Gasteiger partial charge in [0.25, 0.3) is 0 Å². The van der Waals surface area contributed by atoms with Gasteiger partial charge in [0, 0.05) is 0 Å². The second-order valence-corrected chi connectivity index (χ2v) is 4.96. The smallest absolute Gasteiger partial charge is 0.211 e. The lowest BCUT2D eigenvalue weighted by Crippen LogP contribution is -2.05. The molecular weight excluding hydrogens is 324 g/mol. The number of benzene rings is 2. The fraction of sp³-hybridized carbons (Fsp3) is 0.211. The van der Waals surface area contributed by atoms with Crippen LogP contribution in [-0.2, 0) is 0 Å². The largest absolute Gasteiger partial charge is 0.504 e. The molecule has 0 aliphatic heterocycles. The van der Waals surface area contributed by atoms with Crippen molar-refractivity contribution in [2.45, 2.75) is 0 Å². The molecule has 0 bridgehead atoms. The fourth-order valence-electron chi connectivity index (χ4n) is 2.45. The Balaban J connectivity index is 2.59. The highest BCUT2D eigenvalue weighted by molar-refractivity contribution is 6.12. The van der Waals surface area contributed by atoms with Crippen LogP contribution in [0.25, 0.3) is 6.08 Å². The van der Waals surface area contributed by atoms with Crippen LogP contribution < -0.4 is 18.9 Å². The van der Waals surface area contributed by atoms with Gasteiger partial charge in [-0.05, 0) is 11.6 Å². The molecule has 0 aliphatic rings. The summed E-state index contributed by atoms with van der Waals surface area (Å²) in [6.45, 7) is 0. The second kappa shape index (κ2) is 8.10. The number of aromatic hydroxyl groups is 1. The predicted octanol–water partition coefficient (Wildman–Crippen LogP) is 3.32. The van der Waals surface area contributed by atoms with E-state index in [-0.39, 0.29) is 34.3 Å². The Hall–Kier alpha value is -3.15. The minimum atomic E-state index is -0.461. The summed E-state index contributed by atoms with van der Waals surface area (Å²) in [6, 6.07) is 9.32. The molecule has 132 valence electrons. The van der Waals surface area contributed by atoms with Crippen molar-refractivity contribution in [2.75, 3.05) is 28.4 Å². The molecule has 0 aromatic heterocycles. The van der Waals surface area contributed by atoms with Crippen LogP contribution in [0.3, 0.4) is 0 Å². The molecular formula is C19H20O6. The summed E-state index contributed by atoms with van der Waals surface area (Å²) in [6.07, 6.45) is 2.99. The van der Waals surface area contributed by atoms with Crippen LogP contribution in [0.2, 0.25) is 0 Å². The number of carbonyl (C=O) groups is 1. The highest BCUT2D eigenvalue weighted by Gasteiger charge is 2.30. The average Bonchev–Trinajstić information content (AvgIpc) is 2.65. The maximum Gasteiger partial charge on any atom is 0.211 e. The van der Waals surface area contributed by atoms with E-state index in [0.29, 0.717) is 0 Å². The molecule has 0 saturated carbocycles. The summed E-state index contributed by atoms with van der Waals surface area (Å²) in [4.78, 5) is 12.7. The van der Waals surface area contributed by atoms with Crippen molar-refractivity contribution >= 4 is 11.9 Å². The Kier molecular flexibility index (Phi) is 5.89. The topological polar surface area (TPSA) is 74.2 Å². The van der Waals surface area contributed by atoms with Crippen molar-refractivity contribution in [3.8, 4) is 28.7 Å². The number of allylic oxidation sites excluding steroid dienone is 1. The molecule has 25 heavy (non-hydrogen) atoms. The number of ketones is 1. The number of methoxy groups -OCH3 is 4. The van der Waals surface area contributed by atoms with Crippen LogP contribution in [0, 0.1) is 0 Å². The van der Waals surface area contributed by atoms with Crippen molar-refractivity contribution < 1.29 is 28.8 Å². The zero-order valence-corrected chi connectivity index (χ0v) is 14.5. The Morgan fingerprint density at radius 1 is 0.840 bits per heavy atom. The van der Waals surface area contributed by atoms with E-state index >= 15 is 0 Å². The van der Waals surface area contributed by atoms with Crippen LogP contribution in [0.1, 0.15) is 15.9 Å². The fourth-order valence-corrected chi connectivity index (χ4v) is 2.45. The van der Waals surface area contributed by atoms with Crippen molar-refractivity contribution in [3.63, 3.8) is 0 Å². The molecule has 2 aromatic carbocycles. The number of hydrogen-bond acceptors (Lipinski definition) is 6. The van der Waals surface area contributed by atoms with E-state index in [1.54, 1.807) is 6.08 Å². The van der Waals surface area contributed by atoms with Gasteiger partial charge < -0.3 is 24.1 Å². The number of carbonyl (C=O) groups excluding carboxylic acids is 1. The zero-order chi connectivity index (χ0) is 18.4. The number of phenolic OH excluding ortho intramolecular Hbond substituents is 1. The van der Waals surface area contributed by atoms with Gasteiger partial charge in [0.2, 0.25) is 17.2 Å². The highest BCUT2D eigenvalue weighted by Crippen LogP contribution is 2.53. The Labute approximate surface area is 146 Å². The van der Waals surface area contributed by atoms with Gasteiger partial charge in [0.1, 0.15) is 5.56 Å². The molecule has 6 nitrogen and oxygen atoms in total. The van der Waals surface area contributed by atoms with Crippen LogP contribution >= 0.6 is 0 Å². The van der Waals surface area contributed by atoms with Gasteiger partial charge >= 0.3 is 0 Å². The second-order valence-electron chi connectivity index (χ2n) is 4.96. The molecule has 0 heterocycles. The maximum absolute atomic E-state index is 12.7. The van der Waals surface area contributed by atoms with E-state index in [0.717, 1.165) is 5.56 Å². The van der Waals surface area contributed by atoms with E-state index in [1.165, 1.54) is 34.5 Å². The minimum Gasteiger partial charge on any atom is -0.504 e. The summed E-state index contributed by atoms with van der Waals surface area (Å²) < 4.78 is 21.0. The normalized spacial score (nSPS) is 10.6. The molecule has 0 atom stereocenters. The Morgan fingerprint density at radius 2 is 1.36 bits per heavy atom.